The van der Waals surface area contributed by atoms with Crippen molar-refractivity contribution in [2.45, 2.75) is 43.5 Å². The molecule has 3 aromatic carbocycles. The van der Waals surface area contributed by atoms with Crippen LogP contribution in [0.1, 0.15) is 35.2 Å². The van der Waals surface area contributed by atoms with Crippen LogP contribution in [0, 0.1) is 20.8 Å². The molecular weight excluding hydrogens is 484 g/mol. The summed E-state index contributed by atoms with van der Waals surface area (Å²) in [5, 5.41) is 2.82. The molecule has 35 heavy (non-hydrogen) atoms. The highest BCUT2D eigenvalue weighted by atomic mass is 32.2. The molecule has 0 saturated heterocycles. The van der Waals surface area contributed by atoms with E-state index in [0.717, 1.165) is 27.3 Å². The summed E-state index contributed by atoms with van der Waals surface area (Å²) >= 11 is 0. The number of hydrogen-bond donors (Lipinski definition) is 1. The fourth-order valence-electron chi connectivity index (χ4n) is 3.73. The van der Waals surface area contributed by atoms with Crippen LogP contribution in [0.25, 0.3) is 0 Å². The van der Waals surface area contributed by atoms with E-state index < -0.39 is 38.4 Å². The van der Waals surface area contributed by atoms with Crippen molar-refractivity contribution in [3.8, 4) is 0 Å². The van der Waals surface area contributed by atoms with Crippen LogP contribution in [0.2, 0.25) is 0 Å². The number of carbonyl (C=O) groups excluding carboxylic acids is 1. The Hall–Kier alpha value is -3.17. The third kappa shape index (κ3) is 6.29. The average Bonchev–Trinajstić information content (AvgIpc) is 2.77. The quantitative estimate of drug-likeness (QED) is 0.488. The van der Waals surface area contributed by atoms with Gasteiger partial charge in [0, 0.05) is 6.26 Å². The number of amides is 1. The van der Waals surface area contributed by atoms with Crippen LogP contribution in [-0.2, 0) is 24.7 Å². The van der Waals surface area contributed by atoms with Crippen LogP contribution < -0.4 is 9.62 Å². The Labute approximate surface area is 207 Å². The van der Waals surface area contributed by atoms with Gasteiger partial charge < -0.3 is 5.32 Å². The van der Waals surface area contributed by atoms with Gasteiger partial charge in [-0.3, -0.25) is 9.10 Å². The lowest BCUT2D eigenvalue weighted by atomic mass is 10.1. The van der Waals surface area contributed by atoms with Crippen molar-refractivity contribution in [1.29, 1.82) is 0 Å². The lowest BCUT2D eigenvalue weighted by molar-refractivity contribution is -0.120. The van der Waals surface area contributed by atoms with E-state index in [9.17, 15) is 21.6 Å². The zero-order valence-corrected chi connectivity index (χ0v) is 22.1. The first-order valence-corrected chi connectivity index (χ1v) is 14.4. The molecule has 186 valence electrons. The van der Waals surface area contributed by atoms with Crippen molar-refractivity contribution < 1.29 is 21.6 Å². The van der Waals surface area contributed by atoms with Gasteiger partial charge in [0.05, 0.1) is 21.5 Å². The van der Waals surface area contributed by atoms with Crippen molar-refractivity contribution in [1.82, 2.24) is 5.32 Å². The Balaban J connectivity index is 1.90. The summed E-state index contributed by atoms with van der Waals surface area (Å²) in [4.78, 5) is 13.3. The molecule has 0 aromatic heterocycles. The lowest BCUT2D eigenvalue weighted by Gasteiger charge is -2.26. The minimum Gasteiger partial charge on any atom is -0.348 e. The highest BCUT2D eigenvalue weighted by Gasteiger charge is 2.28. The summed E-state index contributed by atoms with van der Waals surface area (Å²) in [5.41, 5.74) is 3.77. The summed E-state index contributed by atoms with van der Waals surface area (Å²) < 4.78 is 51.7. The van der Waals surface area contributed by atoms with Crippen molar-refractivity contribution >= 4 is 31.5 Å². The molecule has 1 amide bonds. The van der Waals surface area contributed by atoms with E-state index in [1.54, 1.807) is 37.3 Å². The molecular formula is C26H30N2O5S2. The molecule has 0 aliphatic carbocycles. The molecule has 1 atom stereocenters. The number of benzene rings is 3. The SMILES string of the molecule is Cc1ccc(S(=O)(=O)N(CC(=O)N[C@H](C)c2ccc(S(C)(=O)=O)cc2)c2ccc(C)cc2C)cc1. The van der Waals surface area contributed by atoms with Gasteiger partial charge >= 0.3 is 0 Å². The summed E-state index contributed by atoms with van der Waals surface area (Å²) in [6.07, 6.45) is 1.13. The Morgan fingerprint density at radius 1 is 0.829 bits per heavy atom. The summed E-state index contributed by atoms with van der Waals surface area (Å²) in [5.74, 6) is -0.486. The lowest BCUT2D eigenvalue weighted by Crippen LogP contribution is -2.42. The van der Waals surface area contributed by atoms with E-state index in [0.29, 0.717) is 11.3 Å². The highest BCUT2D eigenvalue weighted by molar-refractivity contribution is 7.93. The van der Waals surface area contributed by atoms with Crippen LogP contribution in [0.4, 0.5) is 5.69 Å². The normalized spacial score (nSPS) is 12.7. The number of rotatable bonds is 8. The van der Waals surface area contributed by atoms with Crippen molar-refractivity contribution in [2.75, 3.05) is 17.1 Å². The van der Waals surface area contributed by atoms with Crippen LogP contribution in [-0.4, -0.2) is 35.5 Å². The number of sulfone groups is 1. The smallest absolute Gasteiger partial charge is 0.264 e. The van der Waals surface area contributed by atoms with E-state index in [1.807, 2.05) is 32.9 Å². The molecule has 0 radical (unpaired) electrons. The van der Waals surface area contributed by atoms with Gasteiger partial charge in [-0.15, -0.1) is 0 Å². The maximum absolute atomic E-state index is 13.6. The minimum absolute atomic E-state index is 0.0975. The monoisotopic (exact) mass is 514 g/mol. The third-order valence-corrected chi connectivity index (χ3v) is 8.61. The average molecular weight is 515 g/mol. The second-order valence-corrected chi connectivity index (χ2v) is 12.6. The number of hydrogen-bond acceptors (Lipinski definition) is 5. The molecule has 7 nitrogen and oxygen atoms in total. The van der Waals surface area contributed by atoms with E-state index in [4.69, 9.17) is 0 Å². The topological polar surface area (TPSA) is 101 Å². The predicted octanol–water partition coefficient (Wildman–Crippen LogP) is 4.09. The fraction of sp³-hybridized carbons (Fsp3) is 0.269. The first kappa shape index (κ1) is 26.4. The minimum atomic E-state index is -4.02. The Kier molecular flexibility index (Phi) is 7.71. The van der Waals surface area contributed by atoms with Gasteiger partial charge in [0.15, 0.2) is 9.84 Å². The van der Waals surface area contributed by atoms with Crippen LogP contribution in [0.5, 0.6) is 0 Å². The fourth-order valence-corrected chi connectivity index (χ4v) is 5.84. The van der Waals surface area contributed by atoms with Crippen LogP contribution in [0.3, 0.4) is 0 Å². The molecule has 0 bridgehead atoms. The molecule has 0 aliphatic heterocycles. The van der Waals surface area contributed by atoms with Gasteiger partial charge in [-0.1, -0.05) is 47.5 Å². The molecule has 0 unspecified atom stereocenters. The van der Waals surface area contributed by atoms with Crippen LogP contribution in [0.15, 0.2) is 76.5 Å². The Morgan fingerprint density at radius 2 is 1.37 bits per heavy atom. The van der Waals surface area contributed by atoms with E-state index in [1.165, 1.54) is 24.3 Å². The second kappa shape index (κ2) is 10.2. The number of nitrogens with one attached hydrogen (secondary N) is 1. The second-order valence-electron chi connectivity index (χ2n) is 8.75. The van der Waals surface area contributed by atoms with Crippen molar-refractivity contribution in [3.63, 3.8) is 0 Å². The number of aryl methyl sites for hydroxylation is 3. The number of carbonyl (C=O) groups is 1. The highest BCUT2D eigenvalue weighted by Crippen LogP contribution is 2.28. The number of anilines is 1. The molecule has 9 heteroatoms. The molecule has 3 rings (SSSR count). The Morgan fingerprint density at radius 3 is 1.91 bits per heavy atom. The molecule has 0 fully saturated rings. The first-order chi connectivity index (χ1) is 16.3. The maximum Gasteiger partial charge on any atom is 0.264 e. The predicted molar refractivity (Wildman–Crippen MR) is 138 cm³/mol. The van der Waals surface area contributed by atoms with Gasteiger partial charge in [0.1, 0.15) is 6.54 Å². The number of sulfonamides is 1. The molecule has 0 spiro atoms. The molecule has 0 aliphatic rings. The van der Waals surface area contributed by atoms with Gasteiger partial charge in [0.25, 0.3) is 10.0 Å². The van der Waals surface area contributed by atoms with E-state index in [-0.39, 0.29) is 9.79 Å². The number of nitrogens with zero attached hydrogens (tertiary/aromatic N) is 1. The van der Waals surface area contributed by atoms with Gasteiger partial charge in [-0.05, 0) is 69.2 Å². The summed E-state index contributed by atoms with van der Waals surface area (Å²) in [7, 11) is -7.35. The molecule has 1 N–H and O–H groups in total. The largest absolute Gasteiger partial charge is 0.348 e. The van der Waals surface area contributed by atoms with Gasteiger partial charge in [0.2, 0.25) is 5.91 Å². The van der Waals surface area contributed by atoms with Crippen LogP contribution >= 0.6 is 0 Å². The zero-order chi connectivity index (χ0) is 26.0. The Bertz CT molecular complexity index is 1430. The van der Waals surface area contributed by atoms with Crippen molar-refractivity contribution in [3.05, 3.63) is 89.0 Å². The first-order valence-electron chi connectivity index (χ1n) is 11.0. The van der Waals surface area contributed by atoms with Gasteiger partial charge in [-0.25, -0.2) is 16.8 Å². The standard InChI is InChI=1S/C26H30N2O5S2/c1-18-6-11-24(12-7-18)35(32,33)28(25-15-8-19(2)16-20(25)3)17-26(29)27-21(4)22-9-13-23(14-10-22)34(5,30)31/h6-16,21H,17H2,1-5H3,(H,27,29)/t21-/m1/s1. The third-order valence-electron chi connectivity index (χ3n) is 5.70. The van der Waals surface area contributed by atoms with E-state index >= 15 is 0 Å². The molecule has 0 heterocycles. The van der Waals surface area contributed by atoms with Gasteiger partial charge in [-0.2, -0.15) is 0 Å². The summed E-state index contributed by atoms with van der Waals surface area (Å²) in [6, 6.07) is 17.7. The van der Waals surface area contributed by atoms with E-state index in [2.05, 4.69) is 5.32 Å². The summed E-state index contributed by atoms with van der Waals surface area (Å²) in [6.45, 7) is 6.94. The molecule has 0 saturated carbocycles. The maximum atomic E-state index is 13.6. The van der Waals surface area contributed by atoms with Crippen molar-refractivity contribution in [2.24, 2.45) is 0 Å². The zero-order valence-electron chi connectivity index (χ0n) is 20.4. The molecule has 3 aromatic rings.